The van der Waals surface area contributed by atoms with Crippen molar-refractivity contribution >= 4 is 11.9 Å². The molecule has 2 rings (SSSR count). The first-order chi connectivity index (χ1) is 11.1. The van der Waals surface area contributed by atoms with E-state index in [1.807, 2.05) is 0 Å². The molecule has 0 unspecified atom stereocenters. The van der Waals surface area contributed by atoms with Gasteiger partial charge in [0.25, 0.3) is 5.91 Å². The lowest BCUT2D eigenvalue weighted by molar-refractivity contribution is -0.150. The lowest BCUT2D eigenvalue weighted by atomic mass is 9.74. The number of amides is 1. The summed E-state index contributed by atoms with van der Waals surface area (Å²) in [5.74, 6) is -0.907. The van der Waals surface area contributed by atoms with Gasteiger partial charge >= 0.3 is 5.97 Å². The molecule has 124 valence electrons. The standard InChI is InChI=1S/C17H22N2O4/c1-2-11-23-13-7-6-10-18-14(13)15(20)19-12-17(16(21)22)8-4-3-5-9-17/h2,6-7,10H,1,3-5,8-9,11-12H2,(H,19,20)(H,21,22). The van der Waals surface area contributed by atoms with E-state index >= 15 is 0 Å². The van der Waals surface area contributed by atoms with Crippen molar-refractivity contribution in [3.05, 3.63) is 36.7 Å². The normalized spacial score (nSPS) is 16.3. The van der Waals surface area contributed by atoms with Crippen LogP contribution in [0.1, 0.15) is 42.6 Å². The maximum Gasteiger partial charge on any atom is 0.311 e. The van der Waals surface area contributed by atoms with Crippen molar-refractivity contribution in [1.82, 2.24) is 10.3 Å². The summed E-state index contributed by atoms with van der Waals surface area (Å²) in [4.78, 5) is 28.0. The second-order valence-corrected chi connectivity index (χ2v) is 5.78. The van der Waals surface area contributed by atoms with Crippen LogP contribution in [0.2, 0.25) is 0 Å². The molecule has 0 bridgehead atoms. The molecular weight excluding hydrogens is 296 g/mol. The van der Waals surface area contributed by atoms with Crippen LogP contribution in [0.5, 0.6) is 5.75 Å². The van der Waals surface area contributed by atoms with Crippen LogP contribution in [0.4, 0.5) is 0 Å². The van der Waals surface area contributed by atoms with Gasteiger partial charge in [0.2, 0.25) is 0 Å². The van der Waals surface area contributed by atoms with Gasteiger partial charge in [-0.25, -0.2) is 4.98 Å². The Labute approximate surface area is 135 Å². The predicted molar refractivity (Wildman–Crippen MR) is 85.4 cm³/mol. The molecule has 23 heavy (non-hydrogen) atoms. The van der Waals surface area contributed by atoms with Crippen LogP contribution in [0.3, 0.4) is 0 Å². The van der Waals surface area contributed by atoms with Gasteiger partial charge < -0.3 is 15.2 Å². The van der Waals surface area contributed by atoms with E-state index in [9.17, 15) is 14.7 Å². The molecular formula is C17H22N2O4. The fourth-order valence-electron chi connectivity index (χ4n) is 2.85. The molecule has 6 nitrogen and oxygen atoms in total. The highest BCUT2D eigenvalue weighted by atomic mass is 16.5. The first kappa shape index (κ1) is 17.0. The van der Waals surface area contributed by atoms with Crippen LogP contribution < -0.4 is 10.1 Å². The highest BCUT2D eigenvalue weighted by Gasteiger charge is 2.40. The van der Waals surface area contributed by atoms with Gasteiger partial charge in [-0.1, -0.05) is 31.9 Å². The number of carbonyl (C=O) groups excluding carboxylic acids is 1. The van der Waals surface area contributed by atoms with Crippen LogP contribution in [-0.4, -0.2) is 35.1 Å². The summed E-state index contributed by atoms with van der Waals surface area (Å²) in [6.45, 7) is 3.94. The van der Waals surface area contributed by atoms with E-state index in [0.717, 1.165) is 19.3 Å². The van der Waals surface area contributed by atoms with Crippen molar-refractivity contribution in [2.75, 3.05) is 13.2 Å². The molecule has 0 aromatic carbocycles. The quantitative estimate of drug-likeness (QED) is 0.754. The van der Waals surface area contributed by atoms with Gasteiger partial charge in [-0.15, -0.1) is 0 Å². The van der Waals surface area contributed by atoms with E-state index in [4.69, 9.17) is 4.74 Å². The van der Waals surface area contributed by atoms with Gasteiger partial charge in [0.1, 0.15) is 6.61 Å². The minimum absolute atomic E-state index is 0.110. The third-order valence-electron chi connectivity index (χ3n) is 4.19. The van der Waals surface area contributed by atoms with Crippen LogP contribution >= 0.6 is 0 Å². The molecule has 1 aromatic rings. The highest BCUT2D eigenvalue weighted by molar-refractivity contribution is 5.95. The fraction of sp³-hybridized carbons (Fsp3) is 0.471. The number of carboxylic acids is 1. The highest BCUT2D eigenvalue weighted by Crippen LogP contribution is 2.36. The monoisotopic (exact) mass is 318 g/mol. The number of ether oxygens (including phenoxy) is 1. The van der Waals surface area contributed by atoms with Crippen molar-refractivity contribution in [2.45, 2.75) is 32.1 Å². The van der Waals surface area contributed by atoms with Crippen molar-refractivity contribution in [2.24, 2.45) is 5.41 Å². The number of carboxylic acid groups (broad SMARTS) is 1. The summed E-state index contributed by atoms with van der Waals surface area (Å²) >= 11 is 0. The molecule has 0 radical (unpaired) electrons. The van der Waals surface area contributed by atoms with Crippen molar-refractivity contribution < 1.29 is 19.4 Å². The van der Waals surface area contributed by atoms with Gasteiger partial charge in [-0.2, -0.15) is 0 Å². The van der Waals surface area contributed by atoms with E-state index in [-0.39, 0.29) is 18.8 Å². The lowest BCUT2D eigenvalue weighted by Gasteiger charge is -2.33. The number of carbonyl (C=O) groups is 2. The topological polar surface area (TPSA) is 88.5 Å². The van der Waals surface area contributed by atoms with Gasteiger partial charge in [-0.3, -0.25) is 9.59 Å². The summed E-state index contributed by atoms with van der Waals surface area (Å²) in [7, 11) is 0. The zero-order valence-corrected chi connectivity index (χ0v) is 13.1. The molecule has 1 amide bonds. The Kier molecular flexibility index (Phi) is 5.73. The smallest absolute Gasteiger partial charge is 0.311 e. The van der Waals surface area contributed by atoms with Crippen LogP contribution in [-0.2, 0) is 4.79 Å². The number of rotatable bonds is 7. The average Bonchev–Trinajstić information content (AvgIpc) is 2.58. The number of hydrogen-bond acceptors (Lipinski definition) is 4. The van der Waals surface area contributed by atoms with Crippen LogP contribution in [0, 0.1) is 5.41 Å². The van der Waals surface area contributed by atoms with E-state index in [1.54, 1.807) is 18.2 Å². The Bertz CT molecular complexity index is 580. The molecule has 1 aliphatic rings. The third-order valence-corrected chi connectivity index (χ3v) is 4.19. The number of nitrogens with zero attached hydrogens (tertiary/aromatic N) is 1. The number of pyridine rings is 1. The summed E-state index contributed by atoms with van der Waals surface area (Å²) < 4.78 is 5.41. The fourth-order valence-corrected chi connectivity index (χ4v) is 2.85. The maximum atomic E-state index is 12.4. The Hall–Kier alpha value is -2.37. The summed E-state index contributed by atoms with van der Waals surface area (Å²) in [6, 6.07) is 3.33. The third kappa shape index (κ3) is 4.09. The molecule has 6 heteroatoms. The van der Waals surface area contributed by atoms with Crippen molar-refractivity contribution in [3.63, 3.8) is 0 Å². The second-order valence-electron chi connectivity index (χ2n) is 5.78. The molecule has 0 atom stereocenters. The van der Waals surface area contributed by atoms with Gasteiger partial charge in [-0.05, 0) is 25.0 Å². The average molecular weight is 318 g/mol. The lowest BCUT2D eigenvalue weighted by Crippen LogP contribution is -2.44. The first-order valence-corrected chi connectivity index (χ1v) is 7.79. The molecule has 1 heterocycles. The largest absolute Gasteiger partial charge is 0.487 e. The zero-order chi connectivity index (χ0) is 16.7. The van der Waals surface area contributed by atoms with Gasteiger partial charge in [0.05, 0.1) is 5.41 Å². The zero-order valence-electron chi connectivity index (χ0n) is 13.1. The number of hydrogen-bond donors (Lipinski definition) is 2. The number of aliphatic carboxylic acids is 1. The van der Waals surface area contributed by atoms with Crippen molar-refractivity contribution in [1.29, 1.82) is 0 Å². The summed E-state index contributed by atoms with van der Waals surface area (Å²) in [5, 5.41) is 12.3. The van der Waals surface area contributed by atoms with Gasteiger partial charge in [0.15, 0.2) is 11.4 Å². The van der Waals surface area contributed by atoms with Crippen LogP contribution in [0.25, 0.3) is 0 Å². The second kappa shape index (κ2) is 7.76. The predicted octanol–water partition coefficient (Wildman–Crippen LogP) is 2.41. The van der Waals surface area contributed by atoms with E-state index in [2.05, 4.69) is 16.9 Å². The molecule has 1 aliphatic carbocycles. The summed E-state index contributed by atoms with van der Waals surface area (Å²) in [5.41, 5.74) is -0.712. The molecule has 0 aliphatic heterocycles. The SMILES string of the molecule is C=CCOc1cccnc1C(=O)NCC1(C(=O)O)CCCCC1. The molecule has 1 aromatic heterocycles. The molecule has 2 N–H and O–H groups in total. The Morgan fingerprint density at radius 1 is 1.39 bits per heavy atom. The van der Waals surface area contributed by atoms with Crippen LogP contribution in [0.15, 0.2) is 31.0 Å². The van der Waals surface area contributed by atoms with Crippen molar-refractivity contribution in [3.8, 4) is 5.75 Å². The molecule has 1 saturated carbocycles. The minimum atomic E-state index is -0.870. The summed E-state index contributed by atoms with van der Waals surface area (Å²) in [6.07, 6.45) is 7.05. The Balaban J connectivity index is 2.06. The molecule has 1 fully saturated rings. The number of aromatic nitrogens is 1. The van der Waals surface area contributed by atoms with Gasteiger partial charge in [0, 0.05) is 12.7 Å². The maximum absolute atomic E-state index is 12.4. The molecule has 0 saturated heterocycles. The first-order valence-electron chi connectivity index (χ1n) is 7.79. The molecule has 0 spiro atoms. The van der Waals surface area contributed by atoms with E-state index < -0.39 is 17.3 Å². The minimum Gasteiger partial charge on any atom is -0.487 e. The van der Waals surface area contributed by atoms with E-state index in [1.165, 1.54) is 6.20 Å². The van der Waals surface area contributed by atoms with E-state index in [0.29, 0.717) is 18.6 Å². The Morgan fingerprint density at radius 3 is 2.78 bits per heavy atom. The Morgan fingerprint density at radius 2 is 2.13 bits per heavy atom. The number of nitrogens with one attached hydrogen (secondary N) is 1.